The van der Waals surface area contributed by atoms with Crippen LogP contribution in [-0.2, 0) is 30.0 Å². The fraction of sp³-hybridized carbons (Fsp3) is 0.800. The molecule has 0 heterocycles. The third-order valence-electron chi connectivity index (χ3n) is 2.10. The molecule has 2 N–H and O–H groups in total. The molecular formula is C10H20O6PS2+. The van der Waals surface area contributed by atoms with Crippen LogP contribution in [-0.4, -0.2) is 39.7 Å². The zero-order valence-electron chi connectivity index (χ0n) is 11.3. The predicted molar refractivity (Wildman–Crippen MR) is 78.5 cm³/mol. The van der Waals surface area contributed by atoms with Crippen molar-refractivity contribution >= 4 is 40.8 Å². The van der Waals surface area contributed by atoms with Crippen molar-refractivity contribution < 1.29 is 28.8 Å². The Bertz CT molecular complexity index is 363. The van der Waals surface area contributed by atoms with E-state index in [0.29, 0.717) is 10.9 Å². The van der Waals surface area contributed by atoms with Gasteiger partial charge < -0.3 is 19.3 Å². The Kier molecular flexibility index (Phi) is 7.54. The van der Waals surface area contributed by atoms with Gasteiger partial charge >= 0.3 is 17.6 Å². The third kappa shape index (κ3) is 6.72. The summed E-state index contributed by atoms with van der Waals surface area (Å²) in [7, 11) is 0.660. The first-order valence-electron chi connectivity index (χ1n) is 5.66. The number of thiol groups is 1. The van der Waals surface area contributed by atoms with E-state index in [9.17, 15) is 19.4 Å². The summed E-state index contributed by atoms with van der Waals surface area (Å²) in [6.45, 7) is 6.55. The quantitative estimate of drug-likeness (QED) is 0.222. The highest BCUT2D eigenvalue weighted by molar-refractivity contribution is 8.62. The molecule has 0 aromatic rings. The van der Waals surface area contributed by atoms with Crippen LogP contribution in [0.25, 0.3) is 0 Å². The number of rotatable bonds is 6. The second-order valence-corrected chi connectivity index (χ2v) is 11.0. The van der Waals surface area contributed by atoms with E-state index in [1.54, 1.807) is 13.8 Å². The molecule has 0 aromatic heterocycles. The maximum atomic E-state index is 11.9. The van der Waals surface area contributed by atoms with Crippen molar-refractivity contribution in [2.75, 3.05) is 13.2 Å². The maximum absolute atomic E-state index is 11.9. The second kappa shape index (κ2) is 7.59. The van der Waals surface area contributed by atoms with Gasteiger partial charge in [0.25, 0.3) is 0 Å². The zero-order valence-corrected chi connectivity index (χ0v) is 13.9. The van der Waals surface area contributed by atoms with Gasteiger partial charge in [-0.05, 0) is 39.9 Å². The summed E-state index contributed by atoms with van der Waals surface area (Å²) in [5.74, 6) is -2.75. The van der Waals surface area contributed by atoms with Gasteiger partial charge in [0, 0.05) is 0 Å². The van der Waals surface area contributed by atoms with Crippen molar-refractivity contribution in [1.82, 2.24) is 0 Å². The molecule has 0 rings (SSSR count). The van der Waals surface area contributed by atoms with Crippen LogP contribution >= 0.6 is 17.9 Å². The molecule has 0 amide bonds. The van der Waals surface area contributed by atoms with Crippen LogP contribution in [0, 0.1) is 5.92 Å². The molecule has 19 heavy (non-hydrogen) atoms. The number of esters is 2. The van der Waals surface area contributed by atoms with Crippen LogP contribution in [0.5, 0.6) is 0 Å². The van der Waals surface area contributed by atoms with Gasteiger partial charge in [0.1, 0.15) is 0 Å². The van der Waals surface area contributed by atoms with Gasteiger partial charge in [-0.2, -0.15) is 0 Å². The molecule has 9 heteroatoms. The molecule has 0 radical (unpaired) electrons. The summed E-state index contributed by atoms with van der Waals surface area (Å²) in [4.78, 5) is 42.6. The molecule has 0 spiro atoms. The van der Waals surface area contributed by atoms with Crippen LogP contribution < -0.4 is 0 Å². The summed E-state index contributed by atoms with van der Waals surface area (Å²) in [6.07, 6.45) is 0. The molecular weight excluding hydrogens is 311 g/mol. The average molecular weight is 331 g/mol. The van der Waals surface area contributed by atoms with E-state index in [-0.39, 0.29) is 13.2 Å². The fourth-order valence-corrected chi connectivity index (χ4v) is 6.52. The third-order valence-corrected chi connectivity index (χ3v) is 5.93. The lowest BCUT2D eigenvalue weighted by atomic mass is 9.95. The average Bonchev–Trinajstić information content (AvgIpc) is 2.13. The largest absolute Gasteiger partial charge is 0.465 e. The van der Waals surface area contributed by atoms with Crippen molar-refractivity contribution in [3.63, 3.8) is 0 Å². The van der Waals surface area contributed by atoms with Crippen molar-refractivity contribution in [2.24, 2.45) is 5.92 Å². The van der Waals surface area contributed by atoms with Gasteiger partial charge in [-0.1, -0.05) is 0 Å². The zero-order chi connectivity index (χ0) is 15.3. The first kappa shape index (κ1) is 18.9. The standard InChI is InChI=1S/C10H20O6PS2/c1-5-15-8(11)7(9(12)16-6-2)10(3,4)19-17(13,14)18/h7,13-14,18H,5-6H2,1-4H3/q+1. The van der Waals surface area contributed by atoms with Gasteiger partial charge in [0.2, 0.25) is 21.6 Å². The molecule has 0 unspecified atom stereocenters. The number of hydrogen-bond acceptors (Lipinski definition) is 4. The molecule has 0 aliphatic carbocycles. The van der Waals surface area contributed by atoms with Gasteiger partial charge in [0.15, 0.2) is 0 Å². The van der Waals surface area contributed by atoms with Crippen molar-refractivity contribution in [3.05, 3.63) is 0 Å². The van der Waals surface area contributed by atoms with Crippen molar-refractivity contribution in [2.45, 2.75) is 32.4 Å². The van der Waals surface area contributed by atoms with Crippen molar-refractivity contribution in [3.8, 4) is 0 Å². The van der Waals surface area contributed by atoms with Gasteiger partial charge in [-0.25, -0.2) is 0 Å². The summed E-state index contributed by atoms with van der Waals surface area (Å²) >= 11 is 3.66. The molecule has 0 saturated heterocycles. The molecule has 0 aliphatic heterocycles. The summed E-state index contributed by atoms with van der Waals surface area (Å²) < 4.78 is 8.57. The minimum absolute atomic E-state index is 0.120. The molecule has 6 nitrogen and oxygen atoms in total. The topological polar surface area (TPSA) is 93.1 Å². The summed E-state index contributed by atoms with van der Waals surface area (Å²) in [6, 6.07) is 0. The highest BCUT2D eigenvalue weighted by Crippen LogP contribution is 2.46. The summed E-state index contributed by atoms with van der Waals surface area (Å²) in [5, 5.41) is 0. The molecule has 0 aliphatic rings. The van der Waals surface area contributed by atoms with Crippen LogP contribution in [0.3, 0.4) is 0 Å². The highest BCUT2D eigenvalue weighted by atomic mass is 32.9. The Morgan fingerprint density at radius 3 is 1.84 bits per heavy atom. The van der Waals surface area contributed by atoms with Crippen LogP contribution in [0.15, 0.2) is 0 Å². The monoisotopic (exact) mass is 331 g/mol. The van der Waals surface area contributed by atoms with E-state index < -0.39 is 28.3 Å². The predicted octanol–water partition coefficient (Wildman–Crippen LogP) is 1.18. The van der Waals surface area contributed by atoms with Crippen LogP contribution in [0.4, 0.5) is 0 Å². The Morgan fingerprint density at radius 2 is 1.58 bits per heavy atom. The van der Waals surface area contributed by atoms with Crippen LogP contribution in [0.2, 0.25) is 0 Å². The lowest BCUT2D eigenvalue weighted by Gasteiger charge is -2.20. The molecule has 0 fully saturated rings. The van der Waals surface area contributed by atoms with E-state index in [1.807, 2.05) is 0 Å². The Labute approximate surface area is 121 Å². The van der Waals surface area contributed by atoms with E-state index in [4.69, 9.17) is 9.47 Å². The van der Waals surface area contributed by atoms with E-state index in [1.165, 1.54) is 13.8 Å². The van der Waals surface area contributed by atoms with Crippen LogP contribution in [0.1, 0.15) is 27.7 Å². The first-order chi connectivity index (χ1) is 8.55. The first-order valence-corrected chi connectivity index (χ1v) is 9.93. The van der Waals surface area contributed by atoms with E-state index in [0.717, 1.165) is 0 Å². The lowest BCUT2D eigenvalue weighted by Crippen LogP contribution is -2.44. The number of carbonyl (C=O) groups is 2. The van der Waals surface area contributed by atoms with Gasteiger partial charge in [0.05, 0.1) is 13.2 Å². The van der Waals surface area contributed by atoms with Gasteiger partial charge in [-0.3, -0.25) is 9.59 Å². The Morgan fingerprint density at radius 1 is 1.21 bits per heavy atom. The van der Waals surface area contributed by atoms with Crippen molar-refractivity contribution in [1.29, 1.82) is 0 Å². The molecule has 0 saturated carbocycles. The highest BCUT2D eigenvalue weighted by Gasteiger charge is 2.52. The normalized spacial score (nSPS) is 12.2. The second-order valence-electron chi connectivity index (χ2n) is 4.15. The van der Waals surface area contributed by atoms with Gasteiger partial charge in [-0.15, -0.1) is 0 Å². The number of carbonyl (C=O) groups excluding carboxylic acids is 2. The minimum atomic E-state index is -3.51. The SMILES string of the molecule is CCOC(=O)C(C(=O)OCC)C(C)(C)[S+]=P(O)(O)S. The number of hydrogen-bond donors (Lipinski definition) is 3. The molecule has 0 bridgehead atoms. The molecule has 112 valence electrons. The Hall–Kier alpha value is -0.140. The smallest absolute Gasteiger partial charge is 0.427 e. The summed E-state index contributed by atoms with van der Waals surface area (Å²) in [5.41, 5.74) is -3.51. The van der Waals surface area contributed by atoms with E-state index in [2.05, 4.69) is 12.2 Å². The minimum Gasteiger partial charge on any atom is -0.465 e. The Balaban J connectivity index is 5.46. The fourth-order valence-electron chi connectivity index (χ4n) is 1.48. The van der Waals surface area contributed by atoms with E-state index >= 15 is 0 Å². The lowest BCUT2D eigenvalue weighted by molar-refractivity contribution is -0.162. The number of ether oxygens (including phenoxy) is 2. The molecule has 0 atom stereocenters. The maximum Gasteiger partial charge on any atom is 0.427 e. The molecule has 0 aromatic carbocycles.